The molecule has 0 aliphatic heterocycles. The predicted molar refractivity (Wildman–Crippen MR) is 123 cm³/mol. The second kappa shape index (κ2) is 13.6. The van der Waals surface area contributed by atoms with Gasteiger partial charge in [-0.1, -0.05) is 49.3 Å². The molecule has 0 fully saturated rings. The van der Waals surface area contributed by atoms with Gasteiger partial charge in [0.25, 0.3) is 0 Å². The fraction of sp³-hybridized carbons (Fsp3) is 0.458. The summed E-state index contributed by atoms with van der Waals surface area (Å²) in [6.45, 7) is 5.37. The average Bonchev–Trinajstić information content (AvgIpc) is 3.17. The molecule has 1 unspecified atom stereocenters. The molecule has 0 aliphatic rings. The SMILES string of the molecule is CON=C(C#Cc1cnc(CC(C)C)s1)C(CCCOCc1ccccc1)CC(=O)O. The summed E-state index contributed by atoms with van der Waals surface area (Å²) in [6, 6.07) is 9.94. The third kappa shape index (κ3) is 9.77. The van der Waals surface area contributed by atoms with E-state index in [4.69, 9.17) is 9.57 Å². The molecule has 6 nitrogen and oxygen atoms in total. The summed E-state index contributed by atoms with van der Waals surface area (Å²) in [5.41, 5.74) is 1.55. The van der Waals surface area contributed by atoms with Crippen LogP contribution < -0.4 is 0 Å². The first-order valence-electron chi connectivity index (χ1n) is 10.4. The Morgan fingerprint density at radius 2 is 2.06 bits per heavy atom. The second-order valence-corrected chi connectivity index (χ2v) is 8.72. The summed E-state index contributed by atoms with van der Waals surface area (Å²) in [6.07, 6.45) is 3.91. The first-order chi connectivity index (χ1) is 15.0. The maximum absolute atomic E-state index is 11.4. The molecule has 0 saturated heterocycles. The summed E-state index contributed by atoms with van der Waals surface area (Å²) in [7, 11) is 1.44. The number of carbonyl (C=O) groups is 1. The highest BCUT2D eigenvalue weighted by molar-refractivity contribution is 7.12. The number of carboxylic acids is 1. The highest BCUT2D eigenvalue weighted by Crippen LogP contribution is 2.17. The minimum atomic E-state index is -0.891. The van der Waals surface area contributed by atoms with Gasteiger partial charge in [0, 0.05) is 18.9 Å². The van der Waals surface area contributed by atoms with E-state index in [0.29, 0.717) is 37.7 Å². The zero-order valence-corrected chi connectivity index (χ0v) is 19.2. The molecule has 1 aromatic carbocycles. The Morgan fingerprint density at radius 1 is 1.29 bits per heavy atom. The van der Waals surface area contributed by atoms with E-state index in [9.17, 15) is 9.90 Å². The highest BCUT2D eigenvalue weighted by atomic mass is 32.1. The van der Waals surface area contributed by atoms with Crippen molar-refractivity contribution < 1.29 is 19.5 Å². The molecule has 2 rings (SSSR count). The number of aliphatic carboxylic acids is 1. The molecular formula is C24H30N2O4S. The minimum absolute atomic E-state index is 0.0587. The molecule has 31 heavy (non-hydrogen) atoms. The zero-order chi connectivity index (χ0) is 22.5. The van der Waals surface area contributed by atoms with Gasteiger partial charge in [0.15, 0.2) is 0 Å². The maximum Gasteiger partial charge on any atom is 0.304 e. The summed E-state index contributed by atoms with van der Waals surface area (Å²) in [4.78, 5) is 21.6. The molecule has 1 heterocycles. The molecule has 1 N–H and O–H groups in total. The Morgan fingerprint density at radius 3 is 2.74 bits per heavy atom. The van der Waals surface area contributed by atoms with Gasteiger partial charge in [-0.25, -0.2) is 4.98 Å². The lowest BCUT2D eigenvalue weighted by Gasteiger charge is -2.13. The van der Waals surface area contributed by atoms with Gasteiger partial charge in [0.05, 0.1) is 29.1 Å². The topological polar surface area (TPSA) is 81.0 Å². The van der Waals surface area contributed by atoms with E-state index in [-0.39, 0.29) is 12.3 Å². The lowest BCUT2D eigenvalue weighted by molar-refractivity contribution is -0.137. The third-order valence-corrected chi connectivity index (χ3v) is 5.34. The van der Waals surface area contributed by atoms with E-state index in [2.05, 4.69) is 35.8 Å². The van der Waals surface area contributed by atoms with Gasteiger partial charge in [-0.05, 0) is 36.2 Å². The lowest BCUT2D eigenvalue weighted by Crippen LogP contribution is -2.18. The molecule has 0 spiro atoms. The number of nitrogens with zero attached hydrogens (tertiary/aromatic N) is 2. The Bertz CT molecular complexity index is 897. The van der Waals surface area contributed by atoms with E-state index in [1.165, 1.54) is 7.11 Å². The molecule has 0 radical (unpaired) electrons. The largest absolute Gasteiger partial charge is 0.481 e. The van der Waals surface area contributed by atoms with Crippen molar-refractivity contribution in [3.05, 3.63) is 52.0 Å². The fourth-order valence-corrected chi connectivity index (χ4v) is 3.96. The van der Waals surface area contributed by atoms with Crippen LogP contribution in [-0.4, -0.2) is 35.5 Å². The van der Waals surface area contributed by atoms with Crippen LogP contribution in [0.5, 0.6) is 0 Å². The van der Waals surface area contributed by atoms with Crippen molar-refractivity contribution in [3.63, 3.8) is 0 Å². The van der Waals surface area contributed by atoms with Crippen LogP contribution in [0.1, 0.15) is 48.6 Å². The number of carboxylic acid groups (broad SMARTS) is 1. The summed E-state index contributed by atoms with van der Waals surface area (Å²) < 4.78 is 5.72. The molecule has 7 heteroatoms. The van der Waals surface area contributed by atoms with Crippen molar-refractivity contribution >= 4 is 23.0 Å². The van der Waals surface area contributed by atoms with Gasteiger partial charge in [0.1, 0.15) is 12.8 Å². The Balaban J connectivity index is 1.97. The van der Waals surface area contributed by atoms with Crippen molar-refractivity contribution in [2.75, 3.05) is 13.7 Å². The third-order valence-electron chi connectivity index (χ3n) is 4.40. The van der Waals surface area contributed by atoms with E-state index >= 15 is 0 Å². The number of aromatic nitrogens is 1. The van der Waals surface area contributed by atoms with Crippen LogP contribution >= 0.6 is 11.3 Å². The van der Waals surface area contributed by atoms with Crippen LogP contribution in [0.3, 0.4) is 0 Å². The number of thiazole rings is 1. The van der Waals surface area contributed by atoms with E-state index in [1.807, 2.05) is 30.3 Å². The first kappa shape index (κ1) is 24.6. The van der Waals surface area contributed by atoms with Gasteiger partial charge in [-0.3, -0.25) is 4.79 Å². The van der Waals surface area contributed by atoms with E-state index < -0.39 is 5.97 Å². The van der Waals surface area contributed by atoms with Crippen LogP contribution in [0.15, 0.2) is 41.7 Å². The Labute approximate surface area is 188 Å². The zero-order valence-electron chi connectivity index (χ0n) is 18.3. The average molecular weight is 443 g/mol. The quantitative estimate of drug-likeness (QED) is 0.221. The van der Waals surface area contributed by atoms with Gasteiger partial charge in [0.2, 0.25) is 0 Å². The van der Waals surface area contributed by atoms with Crippen LogP contribution in [0.2, 0.25) is 0 Å². The molecular weight excluding hydrogens is 412 g/mol. The van der Waals surface area contributed by atoms with Crippen LogP contribution in [0.4, 0.5) is 0 Å². The van der Waals surface area contributed by atoms with Crippen LogP contribution in [-0.2, 0) is 27.4 Å². The molecule has 1 aromatic heterocycles. The second-order valence-electron chi connectivity index (χ2n) is 7.60. The van der Waals surface area contributed by atoms with Gasteiger partial charge in [-0.2, -0.15) is 0 Å². The maximum atomic E-state index is 11.4. The molecule has 166 valence electrons. The Hall–Kier alpha value is -2.69. The van der Waals surface area contributed by atoms with Crippen LogP contribution in [0, 0.1) is 23.7 Å². The smallest absolute Gasteiger partial charge is 0.304 e. The molecule has 0 bridgehead atoms. The number of oxime groups is 1. The van der Waals surface area contributed by atoms with Crippen molar-refractivity contribution in [2.24, 2.45) is 17.0 Å². The van der Waals surface area contributed by atoms with Gasteiger partial charge >= 0.3 is 5.97 Å². The minimum Gasteiger partial charge on any atom is -0.481 e. The number of rotatable bonds is 12. The molecule has 0 saturated carbocycles. The molecule has 2 aromatic rings. The standard InChI is InChI=1S/C24H30N2O4S/c1-18(2)14-23-25-16-21(31-23)11-12-22(26-29-3)20(15-24(27)28)10-7-13-30-17-19-8-5-4-6-9-19/h4-6,8-9,16,18,20H,7,10,13-15,17H2,1-3H3,(H,27,28). The van der Waals surface area contributed by atoms with Crippen molar-refractivity contribution in [1.82, 2.24) is 4.98 Å². The van der Waals surface area contributed by atoms with Crippen molar-refractivity contribution in [1.29, 1.82) is 0 Å². The predicted octanol–water partition coefficient (Wildman–Crippen LogP) is 4.78. The summed E-state index contributed by atoms with van der Waals surface area (Å²) >= 11 is 1.55. The Kier molecular flexibility index (Phi) is 10.8. The summed E-state index contributed by atoms with van der Waals surface area (Å²) in [5.74, 6) is 5.39. The summed E-state index contributed by atoms with van der Waals surface area (Å²) in [5, 5.41) is 14.4. The monoisotopic (exact) mass is 442 g/mol. The normalized spacial score (nSPS) is 12.3. The van der Waals surface area contributed by atoms with E-state index in [0.717, 1.165) is 21.9 Å². The highest BCUT2D eigenvalue weighted by Gasteiger charge is 2.19. The van der Waals surface area contributed by atoms with Gasteiger partial charge < -0.3 is 14.7 Å². The number of ether oxygens (including phenoxy) is 1. The van der Waals surface area contributed by atoms with Gasteiger partial charge in [-0.15, -0.1) is 11.3 Å². The molecule has 1 atom stereocenters. The van der Waals surface area contributed by atoms with Crippen molar-refractivity contribution in [3.8, 4) is 11.8 Å². The first-order valence-corrected chi connectivity index (χ1v) is 11.2. The fourth-order valence-electron chi connectivity index (χ4n) is 2.98. The number of hydrogen-bond acceptors (Lipinski definition) is 6. The van der Waals surface area contributed by atoms with Crippen LogP contribution in [0.25, 0.3) is 0 Å². The molecule has 0 amide bonds. The molecule has 0 aliphatic carbocycles. The number of benzene rings is 1. The number of hydrogen-bond donors (Lipinski definition) is 1. The van der Waals surface area contributed by atoms with Crippen molar-refractivity contribution in [2.45, 2.75) is 46.1 Å². The lowest BCUT2D eigenvalue weighted by atomic mass is 9.94. The van der Waals surface area contributed by atoms with E-state index in [1.54, 1.807) is 17.5 Å².